The van der Waals surface area contributed by atoms with Crippen LogP contribution >= 0.6 is 15.9 Å². The quantitative estimate of drug-likeness (QED) is 0.459. The molecule has 4 rings (SSSR count). The summed E-state index contributed by atoms with van der Waals surface area (Å²) in [7, 11) is 1.53. The number of halogens is 1. The van der Waals surface area contributed by atoms with Crippen molar-refractivity contribution in [3.05, 3.63) is 74.7 Å². The Bertz CT molecular complexity index is 1150. The van der Waals surface area contributed by atoms with Crippen LogP contribution in [-0.4, -0.2) is 7.11 Å². The molecule has 0 aliphatic rings. The fourth-order valence-electron chi connectivity index (χ4n) is 2.78. The Labute approximate surface area is 151 Å². The molecule has 2 aromatic heterocycles. The van der Waals surface area contributed by atoms with Crippen LogP contribution in [0.4, 0.5) is 0 Å². The van der Waals surface area contributed by atoms with E-state index in [2.05, 4.69) is 15.9 Å². The number of benzene rings is 2. The molecule has 2 aromatic carbocycles. The van der Waals surface area contributed by atoms with Crippen LogP contribution in [0.1, 0.15) is 11.3 Å². The largest absolute Gasteiger partial charge is 0.495 e. The van der Waals surface area contributed by atoms with Crippen molar-refractivity contribution < 1.29 is 13.6 Å². The SMILES string of the molecule is COc1c2ccoc2cc2oc(/C=C\c3ccc(Br)cc3)cc(=O)c12. The van der Waals surface area contributed by atoms with Gasteiger partial charge in [-0.1, -0.05) is 34.1 Å². The van der Waals surface area contributed by atoms with Crippen LogP contribution in [0.25, 0.3) is 34.1 Å². The van der Waals surface area contributed by atoms with Crippen molar-refractivity contribution in [1.29, 1.82) is 0 Å². The second-order valence-corrected chi connectivity index (χ2v) is 6.43. The van der Waals surface area contributed by atoms with Gasteiger partial charge in [0.2, 0.25) is 0 Å². The van der Waals surface area contributed by atoms with Crippen molar-refractivity contribution in [2.45, 2.75) is 0 Å². The highest BCUT2D eigenvalue weighted by atomic mass is 79.9. The Morgan fingerprint density at radius 2 is 1.84 bits per heavy atom. The monoisotopic (exact) mass is 396 g/mol. The molecule has 0 saturated heterocycles. The summed E-state index contributed by atoms with van der Waals surface area (Å²) >= 11 is 3.40. The number of hydrogen-bond donors (Lipinski definition) is 0. The van der Waals surface area contributed by atoms with E-state index in [4.69, 9.17) is 13.6 Å². The van der Waals surface area contributed by atoms with E-state index >= 15 is 0 Å². The maximum Gasteiger partial charge on any atom is 0.197 e. The Morgan fingerprint density at radius 1 is 1.04 bits per heavy atom. The Morgan fingerprint density at radius 3 is 2.60 bits per heavy atom. The molecular weight excluding hydrogens is 384 g/mol. The van der Waals surface area contributed by atoms with Crippen molar-refractivity contribution >= 4 is 50.0 Å². The van der Waals surface area contributed by atoms with Gasteiger partial charge in [-0.2, -0.15) is 0 Å². The van der Waals surface area contributed by atoms with E-state index in [1.165, 1.54) is 13.2 Å². The van der Waals surface area contributed by atoms with Crippen molar-refractivity contribution in [2.75, 3.05) is 7.11 Å². The molecule has 5 heteroatoms. The topological polar surface area (TPSA) is 52.6 Å². The van der Waals surface area contributed by atoms with E-state index in [0.717, 1.165) is 15.4 Å². The molecule has 0 N–H and O–H groups in total. The van der Waals surface area contributed by atoms with Crippen molar-refractivity contribution in [1.82, 2.24) is 0 Å². The van der Waals surface area contributed by atoms with E-state index in [9.17, 15) is 4.79 Å². The fourth-order valence-corrected chi connectivity index (χ4v) is 3.04. The van der Waals surface area contributed by atoms with Crippen molar-refractivity contribution in [3.63, 3.8) is 0 Å². The normalized spacial score (nSPS) is 11.6. The summed E-state index contributed by atoms with van der Waals surface area (Å²) in [5.74, 6) is 0.937. The van der Waals surface area contributed by atoms with Crippen molar-refractivity contribution in [2.24, 2.45) is 0 Å². The van der Waals surface area contributed by atoms with Gasteiger partial charge in [0, 0.05) is 16.6 Å². The molecule has 0 aliphatic heterocycles. The number of furan rings is 1. The van der Waals surface area contributed by atoms with E-state index in [-0.39, 0.29) is 5.43 Å². The summed E-state index contributed by atoms with van der Waals surface area (Å²) < 4.78 is 17.7. The van der Waals surface area contributed by atoms with Crippen LogP contribution < -0.4 is 10.2 Å². The summed E-state index contributed by atoms with van der Waals surface area (Å²) in [6.07, 6.45) is 5.22. The number of hydrogen-bond acceptors (Lipinski definition) is 4. The van der Waals surface area contributed by atoms with Gasteiger partial charge in [-0.3, -0.25) is 4.79 Å². The zero-order chi connectivity index (χ0) is 17.4. The minimum absolute atomic E-state index is 0.156. The maximum absolute atomic E-state index is 12.6. The van der Waals surface area contributed by atoms with Gasteiger partial charge in [-0.05, 0) is 29.8 Å². The minimum Gasteiger partial charge on any atom is -0.495 e. The smallest absolute Gasteiger partial charge is 0.197 e. The molecule has 0 amide bonds. The molecule has 4 nitrogen and oxygen atoms in total. The van der Waals surface area contributed by atoms with Gasteiger partial charge < -0.3 is 13.6 Å². The van der Waals surface area contributed by atoms with Crippen LogP contribution in [-0.2, 0) is 0 Å². The zero-order valence-electron chi connectivity index (χ0n) is 13.3. The third-order valence-corrected chi connectivity index (χ3v) is 4.47. The molecule has 124 valence electrons. The molecule has 0 spiro atoms. The van der Waals surface area contributed by atoms with E-state index in [0.29, 0.717) is 28.1 Å². The highest BCUT2D eigenvalue weighted by Gasteiger charge is 2.15. The Hall–Kier alpha value is -2.79. The lowest BCUT2D eigenvalue weighted by atomic mass is 10.1. The van der Waals surface area contributed by atoms with Crippen LogP contribution in [0.5, 0.6) is 5.75 Å². The first-order valence-corrected chi connectivity index (χ1v) is 8.41. The molecule has 0 fully saturated rings. The molecule has 0 aliphatic carbocycles. The number of fused-ring (bicyclic) bond motifs is 2. The predicted molar refractivity (Wildman–Crippen MR) is 102 cm³/mol. The molecule has 0 unspecified atom stereocenters. The second kappa shape index (κ2) is 6.26. The lowest BCUT2D eigenvalue weighted by Crippen LogP contribution is -2.03. The van der Waals surface area contributed by atoms with Crippen LogP contribution in [0.2, 0.25) is 0 Å². The second-order valence-electron chi connectivity index (χ2n) is 5.51. The highest BCUT2D eigenvalue weighted by molar-refractivity contribution is 9.10. The molecule has 0 radical (unpaired) electrons. The summed E-state index contributed by atoms with van der Waals surface area (Å²) in [5.41, 5.74) is 1.89. The molecular formula is C20H13BrO4. The summed E-state index contributed by atoms with van der Waals surface area (Å²) in [6, 6.07) is 12.8. The predicted octanol–water partition coefficient (Wildman–Crippen LogP) is 5.48. The standard InChI is InChI=1S/C20H13BrO4/c1-23-20-15-8-9-24-17(15)11-18-19(20)16(22)10-14(25-18)7-4-12-2-5-13(21)6-3-12/h2-11H,1H3/b7-4-. The molecule has 0 atom stereocenters. The van der Waals surface area contributed by atoms with Crippen LogP contribution in [0.15, 0.2) is 66.8 Å². The van der Waals surface area contributed by atoms with Gasteiger partial charge in [0.15, 0.2) is 5.43 Å². The first-order valence-electron chi connectivity index (χ1n) is 7.61. The molecule has 2 heterocycles. The van der Waals surface area contributed by atoms with Crippen LogP contribution in [0, 0.1) is 0 Å². The van der Waals surface area contributed by atoms with Gasteiger partial charge in [0.25, 0.3) is 0 Å². The zero-order valence-corrected chi connectivity index (χ0v) is 14.9. The summed E-state index contributed by atoms with van der Waals surface area (Å²) in [5, 5.41) is 1.16. The van der Waals surface area contributed by atoms with E-state index in [1.807, 2.05) is 30.3 Å². The van der Waals surface area contributed by atoms with Gasteiger partial charge >= 0.3 is 0 Å². The number of methoxy groups -OCH3 is 1. The average molecular weight is 397 g/mol. The summed E-state index contributed by atoms with van der Waals surface area (Å²) in [6.45, 7) is 0. The minimum atomic E-state index is -0.156. The van der Waals surface area contributed by atoms with Crippen molar-refractivity contribution in [3.8, 4) is 5.75 Å². The average Bonchev–Trinajstić information content (AvgIpc) is 3.07. The molecule has 4 aromatic rings. The lowest BCUT2D eigenvalue weighted by Gasteiger charge is -2.06. The maximum atomic E-state index is 12.6. The van der Waals surface area contributed by atoms with Gasteiger partial charge in [-0.15, -0.1) is 0 Å². The Kier molecular flexibility index (Phi) is 3.93. The third-order valence-electron chi connectivity index (χ3n) is 3.94. The van der Waals surface area contributed by atoms with E-state index < -0.39 is 0 Å². The van der Waals surface area contributed by atoms with E-state index in [1.54, 1.807) is 24.5 Å². The fraction of sp³-hybridized carbons (Fsp3) is 0.0500. The number of rotatable bonds is 3. The number of ether oxygens (including phenoxy) is 1. The van der Waals surface area contributed by atoms with Crippen LogP contribution in [0.3, 0.4) is 0 Å². The van der Waals surface area contributed by atoms with Gasteiger partial charge in [-0.25, -0.2) is 0 Å². The third kappa shape index (κ3) is 2.87. The first kappa shape index (κ1) is 15.7. The molecule has 0 bridgehead atoms. The summed E-state index contributed by atoms with van der Waals surface area (Å²) in [4.78, 5) is 12.6. The Balaban J connectivity index is 1.85. The van der Waals surface area contributed by atoms with Gasteiger partial charge in [0.05, 0.1) is 18.8 Å². The first-order chi connectivity index (χ1) is 12.2. The van der Waals surface area contributed by atoms with Gasteiger partial charge in [0.1, 0.15) is 28.1 Å². The molecule has 25 heavy (non-hydrogen) atoms. The lowest BCUT2D eigenvalue weighted by molar-refractivity contribution is 0.423. The highest BCUT2D eigenvalue weighted by Crippen LogP contribution is 2.34. The molecule has 0 saturated carbocycles.